The van der Waals surface area contributed by atoms with E-state index in [4.69, 9.17) is 9.26 Å². The second-order valence-electron chi connectivity index (χ2n) is 6.54. The number of halogens is 3. The van der Waals surface area contributed by atoms with Gasteiger partial charge in [0, 0.05) is 12.4 Å². The summed E-state index contributed by atoms with van der Waals surface area (Å²) < 4.78 is 78.7. The minimum atomic E-state index is -4.68. The molecule has 0 bridgehead atoms. The van der Waals surface area contributed by atoms with Gasteiger partial charge in [-0.2, -0.15) is 18.3 Å². The van der Waals surface area contributed by atoms with Crippen LogP contribution in [0.5, 0.6) is 5.75 Å². The second-order valence-corrected chi connectivity index (χ2v) is 8.22. The van der Waals surface area contributed by atoms with Crippen molar-refractivity contribution in [1.29, 1.82) is 0 Å². The summed E-state index contributed by atoms with van der Waals surface area (Å²) in [5.41, 5.74) is -0.0824. The molecule has 0 aliphatic carbocycles. The van der Waals surface area contributed by atoms with E-state index in [0.29, 0.717) is 12.6 Å². The summed E-state index contributed by atoms with van der Waals surface area (Å²) in [5.74, 6) is 0.0811. The maximum absolute atomic E-state index is 12.9. The summed E-state index contributed by atoms with van der Waals surface area (Å²) in [7, 11) is -2.98. The fraction of sp³-hybridized carbons (Fsp3) is 0.158. The number of nitrogens with one attached hydrogen (secondary N) is 1. The molecule has 2 aromatic heterocycles. The van der Waals surface area contributed by atoms with Crippen molar-refractivity contribution < 1.29 is 30.8 Å². The van der Waals surface area contributed by atoms with Gasteiger partial charge in [-0.25, -0.2) is 8.42 Å². The van der Waals surface area contributed by atoms with Crippen LogP contribution in [0.15, 0.2) is 64.3 Å². The highest BCUT2D eigenvalue weighted by atomic mass is 32.2. The normalized spacial score (nSPS) is 12.3. The maximum Gasteiger partial charge on any atom is 0.416 e. The van der Waals surface area contributed by atoms with Crippen LogP contribution in [0.2, 0.25) is 0 Å². The maximum atomic E-state index is 12.9. The molecule has 0 saturated heterocycles. The first-order valence-corrected chi connectivity index (χ1v) is 10.3. The first-order valence-electron chi connectivity index (χ1n) is 8.81. The Morgan fingerprint density at radius 2 is 2.00 bits per heavy atom. The van der Waals surface area contributed by atoms with Gasteiger partial charge < -0.3 is 9.26 Å². The van der Waals surface area contributed by atoms with Crippen molar-refractivity contribution >= 4 is 26.8 Å². The summed E-state index contributed by atoms with van der Waals surface area (Å²) in [5, 5.41) is 8.09. The molecule has 0 aliphatic rings. The van der Waals surface area contributed by atoms with Gasteiger partial charge in [0.1, 0.15) is 11.1 Å². The van der Waals surface area contributed by atoms with Gasteiger partial charge in [-0.3, -0.25) is 9.40 Å². The number of ether oxygens (including phenoxy) is 1. The molecule has 0 fully saturated rings. The number of benzene rings is 2. The predicted molar refractivity (Wildman–Crippen MR) is 104 cm³/mol. The van der Waals surface area contributed by atoms with E-state index in [2.05, 4.69) is 15.0 Å². The number of aromatic nitrogens is 3. The van der Waals surface area contributed by atoms with Gasteiger partial charge in [-0.1, -0.05) is 11.2 Å². The van der Waals surface area contributed by atoms with E-state index in [-0.39, 0.29) is 22.5 Å². The number of hydrogen-bond donors (Lipinski definition) is 1. The van der Waals surface area contributed by atoms with Crippen LogP contribution in [0.3, 0.4) is 0 Å². The fourth-order valence-corrected chi connectivity index (χ4v) is 4.07. The molecule has 4 rings (SSSR count). The summed E-state index contributed by atoms with van der Waals surface area (Å²) in [6.07, 6.45) is -1.28. The topological polar surface area (TPSA) is 99.2 Å². The monoisotopic (exact) mass is 452 g/mol. The van der Waals surface area contributed by atoms with Crippen LogP contribution in [-0.4, -0.2) is 30.5 Å². The zero-order chi connectivity index (χ0) is 22.2. The van der Waals surface area contributed by atoms with E-state index in [9.17, 15) is 21.6 Å². The lowest BCUT2D eigenvalue weighted by Crippen LogP contribution is -2.15. The Balaban J connectivity index is 1.70. The van der Waals surface area contributed by atoms with Crippen LogP contribution >= 0.6 is 0 Å². The summed E-state index contributed by atoms with van der Waals surface area (Å²) in [4.78, 5) is -0.562. The third-order valence-electron chi connectivity index (χ3n) is 4.42. The van der Waals surface area contributed by atoms with Crippen LogP contribution in [0.1, 0.15) is 11.1 Å². The SMILES string of the molecule is COc1cc(Cn2cccn2)cc2onc(NS(=O)(=O)c3cccc(C(F)(F)F)c3)c12. The Hall–Kier alpha value is -3.54. The molecule has 1 N–H and O–H groups in total. The first kappa shape index (κ1) is 20.7. The lowest BCUT2D eigenvalue weighted by molar-refractivity contribution is -0.137. The molecule has 0 atom stereocenters. The molecule has 162 valence electrons. The number of hydrogen-bond acceptors (Lipinski definition) is 6. The van der Waals surface area contributed by atoms with Gasteiger partial charge >= 0.3 is 6.18 Å². The Morgan fingerprint density at radius 3 is 2.68 bits per heavy atom. The molecule has 0 amide bonds. The number of nitrogens with zero attached hydrogens (tertiary/aromatic N) is 3. The smallest absolute Gasteiger partial charge is 0.416 e. The third kappa shape index (κ3) is 4.19. The molecule has 0 aliphatic heterocycles. The van der Waals surface area contributed by atoms with Crippen LogP contribution < -0.4 is 9.46 Å². The Morgan fingerprint density at radius 1 is 1.19 bits per heavy atom. The lowest BCUT2D eigenvalue weighted by Gasteiger charge is -2.11. The number of alkyl halides is 3. The Bertz CT molecular complexity index is 1330. The minimum absolute atomic E-state index is 0.199. The lowest BCUT2D eigenvalue weighted by atomic mass is 10.1. The summed E-state index contributed by atoms with van der Waals surface area (Å²) >= 11 is 0. The number of methoxy groups -OCH3 is 1. The molecule has 2 aromatic carbocycles. The molecule has 0 saturated carbocycles. The van der Waals surface area contributed by atoms with Gasteiger partial charge in [-0.05, 0) is 42.0 Å². The van der Waals surface area contributed by atoms with Gasteiger partial charge in [0.15, 0.2) is 11.4 Å². The van der Waals surface area contributed by atoms with Crippen molar-refractivity contribution in [3.8, 4) is 5.75 Å². The van der Waals surface area contributed by atoms with Gasteiger partial charge in [0.25, 0.3) is 10.0 Å². The molecule has 4 aromatic rings. The van der Waals surface area contributed by atoms with Crippen molar-refractivity contribution in [3.05, 3.63) is 66.0 Å². The van der Waals surface area contributed by atoms with Crippen LogP contribution in [0.25, 0.3) is 11.0 Å². The number of sulfonamides is 1. The Kier molecular flexibility index (Phi) is 5.09. The van der Waals surface area contributed by atoms with Gasteiger partial charge in [0.05, 0.1) is 24.1 Å². The fourth-order valence-electron chi connectivity index (χ4n) is 3.02. The third-order valence-corrected chi connectivity index (χ3v) is 5.76. The second kappa shape index (κ2) is 7.61. The highest BCUT2D eigenvalue weighted by molar-refractivity contribution is 7.92. The van der Waals surface area contributed by atoms with Gasteiger partial charge in [0.2, 0.25) is 0 Å². The average molecular weight is 452 g/mol. The van der Waals surface area contributed by atoms with Gasteiger partial charge in [-0.15, -0.1) is 0 Å². The average Bonchev–Trinajstić information content (AvgIpc) is 3.37. The number of rotatable bonds is 6. The zero-order valence-electron chi connectivity index (χ0n) is 15.9. The molecule has 2 heterocycles. The Labute approximate surface area is 174 Å². The molecular weight excluding hydrogens is 437 g/mol. The van der Waals surface area contributed by atoms with Crippen LogP contribution in [0, 0.1) is 0 Å². The van der Waals surface area contributed by atoms with Crippen molar-refractivity contribution in [2.24, 2.45) is 0 Å². The van der Waals surface area contributed by atoms with E-state index in [1.165, 1.54) is 7.11 Å². The first-order chi connectivity index (χ1) is 14.7. The molecule has 0 radical (unpaired) electrons. The van der Waals surface area contributed by atoms with Crippen LogP contribution in [0.4, 0.5) is 19.0 Å². The molecule has 8 nitrogen and oxygen atoms in total. The van der Waals surface area contributed by atoms with E-state index in [1.807, 2.05) is 0 Å². The van der Waals surface area contributed by atoms with Crippen molar-refractivity contribution in [1.82, 2.24) is 14.9 Å². The highest BCUT2D eigenvalue weighted by Gasteiger charge is 2.32. The highest BCUT2D eigenvalue weighted by Crippen LogP contribution is 2.35. The molecule has 31 heavy (non-hydrogen) atoms. The van der Waals surface area contributed by atoms with E-state index in [0.717, 1.165) is 23.8 Å². The molecule has 0 unspecified atom stereocenters. The van der Waals surface area contributed by atoms with E-state index < -0.39 is 26.7 Å². The number of fused-ring (bicyclic) bond motifs is 1. The van der Waals surface area contributed by atoms with Crippen LogP contribution in [-0.2, 0) is 22.7 Å². The zero-order valence-corrected chi connectivity index (χ0v) is 16.7. The van der Waals surface area contributed by atoms with Crippen molar-refractivity contribution in [3.63, 3.8) is 0 Å². The minimum Gasteiger partial charge on any atom is -0.496 e. The molecule has 12 heteroatoms. The standard InChI is InChI=1S/C19H15F3N4O4S/c1-29-15-8-12(11-26-7-3-6-23-26)9-16-17(15)18(24-30-16)25-31(27,28)14-5-2-4-13(10-14)19(20,21)22/h2-10H,11H2,1H3,(H,24,25). The summed E-state index contributed by atoms with van der Waals surface area (Å²) in [6, 6.07) is 8.49. The largest absolute Gasteiger partial charge is 0.496 e. The van der Waals surface area contributed by atoms with E-state index in [1.54, 1.807) is 35.3 Å². The van der Waals surface area contributed by atoms with Crippen molar-refractivity contribution in [2.45, 2.75) is 17.6 Å². The summed E-state index contributed by atoms with van der Waals surface area (Å²) in [6.45, 7) is 0.408. The predicted octanol–water partition coefficient (Wildman–Crippen LogP) is 3.90. The number of anilines is 1. The van der Waals surface area contributed by atoms with Crippen molar-refractivity contribution in [2.75, 3.05) is 11.8 Å². The quantitative estimate of drug-likeness (QED) is 0.476. The molecular formula is C19H15F3N4O4S. The van der Waals surface area contributed by atoms with E-state index >= 15 is 0 Å². The molecule has 0 spiro atoms.